The summed E-state index contributed by atoms with van der Waals surface area (Å²) in [6, 6.07) is 56.2. The third-order valence-corrected chi connectivity index (χ3v) is 13.7. The maximum Gasteiger partial charge on any atom is 0.0372 e. The van der Waals surface area contributed by atoms with Crippen molar-refractivity contribution in [2.24, 2.45) is 0 Å². The van der Waals surface area contributed by atoms with Crippen molar-refractivity contribution in [1.82, 2.24) is 0 Å². The van der Waals surface area contributed by atoms with Crippen molar-refractivity contribution in [3.05, 3.63) is 157 Å². The van der Waals surface area contributed by atoms with Crippen LogP contribution in [-0.4, -0.2) is 26.2 Å². The van der Waals surface area contributed by atoms with Crippen LogP contribution in [0.5, 0.6) is 0 Å². The van der Waals surface area contributed by atoms with Gasteiger partial charge in [-0.05, 0) is 163 Å². The van der Waals surface area contributed by atoms with E-state index in [1.165, 1.54) is 138 Å². The first-order valence-electron chi connectivity index (χ1n) is 21.4. The Bertz CT molecular complexity index is 2850. The zero-order valence-electron chi connectivity index (χ0n) is 33.3. The Morgan fingerprint density at radius 2 is 0.912 bits per heavy atom. The predicted molar refractivity (Wildman–Crippen MR) is 245 cm³/mol. The number of nitrogens with zero attached hydrogens (tertiary/aromatic N) is 2. The van der Waals surface area contributed by atoms with Gasteiger partial charge in [0, 0.05) is 43.0 Å². The van der Waals surface area contributed by atoms with E-state index in [-0.39, 0.29) is 5.41 Å². The van der Waals surface area contributed by atoms with Gasteiger partial charge in [0.15, 0.2) is 0 Å². The molecule has 3 aliphatic rings. The van der Waals surface area contributed by atoms with Crippen molar-refractivity contribution in [2.75, 3.05) is 36.0 Å². The second-order valence-corrected chi connectivity index (χ2v) is 17.3. The zero-order chi connectivity index (χ0) is 38.1. The first-order valence-corrected chi connectivity index (χ1v) is 21.4. The summed E-state index contributed by atoms with van der Waals surface area (Å²) in [5.41, 5.74) is 16.0. The average molecular weight is 739 g/mol. The molecule has 57 heavy (non-hydrogen) atoms. The minimum Gasteiger partial charge on any atom is -0.372 e. The first-order chi connectivity index (χ1) is 28.0. The Kier molecular flexibility index (Phi) is 8.24. The van der Waals surface area contributed by atoms with Crippen LogP contribution in [0.15, 0.2) is 146 Å². The van der Waals surface area contributed by atoms with Gasteiger partial charge >= 0.3 is 0 Å². The van der Waals surface area contributed by atoms with Crippen LogP contribution in [0.2, 0.25) is 0 Å². The number of rotatable bonds is 5. The van der Waals surface area contributed by atoms with Gasteiger partial charge in [0.25, 0.3) is 0 Å². The summed E-state index contributed by atoms with van der Waals surface area (Å²) < 4.78 is 0. The lowest BCUT2D eigenvalue weighted by Gasteiger charge is -2.31. The van der Waals surface area contributed by atoms with Gasteiger partial charge in [-0.1, -0.05) is 123 Å². The maximum absolute atomic E-state index is 2.62. The van der Waals surface area contributed by atoms with Crippen LogP contribution in [0.4, 0.5) is 11.4 Å². The molecule has 2 saturated heterocycles. The number of piperidine rings is 2. The van der Waals surface area contributed by atoms with Crippen LogP contribution >= 0.6 is 0 Å². The fraction of sp³-hybridized carbons (Fsp3) is 0.236. The van der Waals surface area contributed by atoms with Crippen molar-refractivity contribution < 1.29 is 0 Å². The second-order valence-electron chi connectivity index (χ2n) is 17.3. The second kappa shape index (κ2) is 13.7. The van der Waals surface area contributed by atoms with Gasteiger partial charge in [0.05, 0.1) is 0 Å². The summed E-state index contributed by atoms with van der Waals surface area (Å²) in [7, 11) is 0. The lowest BCUT2D eigenvalue weighted by Crippen LogP contribution is -2.29. The Balaban J connectivity index is 1.20. The summed E-state index contributed by atoms with van der Waals surface area (Å²) in [4.78, 5) is 5.24. The third kappa shape index (κ3) is 5.67. The van der Waals surface area contributed by atoms with Crippen LogP contribution in [0, 0.1) is 0 Å². The monoisotopic (exact) mass is 738 g/mol. The molecule has 2 aliphatic heterocycles. The van der Waals surface area contributed by atoms with Gasteiger partial charge < -0.3 is 9.80 Å². The van der Waals surface area contributed by atoms with Crippen molar-refractivity contribution >= 4 is 43.7 Å². The smallest absolute Gasteiger partial charge is 0.0372 e. The van der Waals surface area contributed by atoms with Crippen LogP contribution in [0.3, 0.4) is 0 Å². The average Bonchev–Trinajstić information content (AvgIpc) is 3.50. The molecule has 0 saturated carbocycles. The number of benzene rings is 8. The van der Waals surface area contributed by atoms with Gasteiger partial charge in [-0.2, -0.15) is 0 Å². The molecule has 2 heterocycles. The van der Waals surface area contributed by atoms with Gasteiger partial charge in [0.2, 0.25) is 0 Å². The van der Waals surface area contributed by atoms with Crippen LogP contribution in [-0.2, 0) is 5.41 Å². The molecule has 0 amide bonds. The van der Waals surface area contributed by atoms with E-state index in [0.717, 1.165) is 26.2 Å². The third-order valence-electron chi connectivity index (χ3n) is 13.7. The molecule has 0 bridgehead atoms. The Morgan fingerprint density at radius 3 is 1.61 bits per heavy atom. The van der Waals surface area contributed by atoms with Crippen molar-refractivity contribution in [1.29, 1.82) is 0 Å². The molecule has 0 spiro atoms. The number of fused-ring (bicyclic) bond motifs is 6. The van der Waals surface area contributed by atoms with Crippen molar-refractivity contribution in [3.8, 4) is 44.5 Å². The molecule has 2 nitrogen and oxygen atoms in total. The standard InChI is InChI=1S/C55H50N2/c1-55(2)51-20-10-9-18-44(51)45-26-23-39(34-52(45)55)43-17-7-8-19-46(43)54-48-28-25-41(56-29-11-3-12-30-56)35-49(48)53(40-22-21-37-15-5-6-16-38(37)33-40)47-27-24-42(36-50(47)54)57-31-13-4-14-32-57/h5-10,15-28,33-36H,3-4,11-14,29-32H2,1-2H3. The van der Waals surface area contributed by atoms with Crippen LogP contribution in [0.1, 0.15) is 63.5 Å². The molecule has 280 valence electrons. The van der Waals surface area contributed by atoms with Gasteiger partial charge in [-0.25, -0.2) is 0 Å². The maximum atomic E-state index is 2.62. The van der Waals surface area contributed by atoms with E-state index in [1.54, 1.807) is 0 Å². The van der Waals surface area contributed by atoms with E-state index in [9.17, 15) is 0 Å². The number of anilines is 2. The topological polar surface area (TPSA) is 6.48 Å². The summed E-state index contributed by atoms with van der Waals surface area (Å²) in [5.74, 6) is 0. The highest BCUT2D eigenvalue weighted by atomic mass is 15.1. The van der Waals surface area contributed by atoms with Gasteiger partial charge in [-0.3, -0.25) is 0 Å². The fourth-order valence-electron chi connectivity index (χ4n) is 10.7. The van der Waals surface area contributed by atoms with E-state index in [1.807, 2.05) is 0 Å². The SMILES string of the molecule is CC1(C)c2ccccc2-c2ccc(-c3ccccc3-c3c4ccc(N5CCCCC5)cc4c(-c4ccc5ccccc5c4)c4ccc(N5CCCCC5)cc34)cc21. The summed E-state index contributed by atoms with van der Waals surface area (Å²) in [6.07, 6.45) is 7.67. The molecular formula is C55H50N2. The molecule has 1 aliphatic carbocycles. The molecular weight excluding hydrogens is 689 g/mol. The molecule has 2 heteroatoms. The molecule has 2 fully saturated rings. The fourth-order valence-corrected chi connectivity index (χ4v) is 10.7. The summed E-state index contributed by atoms with van der Waals surface area (Å²) in [5, 5.41) is 7.88. The molecule has 0 N–H and O–H groups in total. The predicted octanol–water partition coefficient (Wildman–Crippen LogP) is 14.4. The summed E-state index contributed by atoms with van der Waals surface area (Å²) in [6.45, 7) is 9.27. The number of hydrogen-bond acceptors (Lipinski definition) is 2. The molecule has 8 aromatic rings. The van der Waals surface area contributed by atoms with E-state index in [2.05, 4.69) is 169 Å². The Hall–Kier alpha value is -5.86. The first kappa shape index (κ1) is 34.4. The normalized spacial score (nSPS) is 16.3. The molecule has 0 atom stereocenters. The highest BCUT2D eigenvalue weighted by Gasteiger charge is 2.35. The van der Waals surface area contributed by atoms with E-state index in [4.69, 9.17) is 0 Å². The molecule has 0 unspecified atom stereocenters. The highest BCUT2D eigenvalue weighted by Crippen LogP contribution is 2.52. The Labute approximate surface area is 337 Å². The summed E-state index contributed by atoms with van der Waals surface area (Å²) >= 11 is 0. The molecule has 11 rings (SSSR count). The van der Waals surface area contributed by atoms with E-state index < -0.39 is 0 Å². The van der Waals surface area contributed by atoms with Crippen LogP contribution < -0.4 is 9.80 Å². The van der Waals surface area contributed by atoms with Crippen molar-refractivity contribution in [2.45, 2.75) is 57.8 Å². The van der Waals surface area contributed by atoms with Crippen LogP contribution in [0.25, 0.3) is 76.8 Å². The molecule has 0 radical (unpaired) electrons. The molecule has 0 aromatic heterocycles. The minimum atomic E-state index is -0.0635. The molecule has 8 aromatic carbocycles. The van der Waals surface area contributed by atoms with E-state index >= 15 is 0 Å². The quantitative estimate of drug-likeness (QED) is 0.162. The Morgan fingerprint density at radius 1 is 0.368 bits per heavy atom. The highest BCUT2D eigenvalue weighted by molar-refractivity contribution is 6.23. The zero-order valence-corrected chi connectivity index (χ0v) is 33.3. The van der Waals surface area contributed by atoms with Crippen molar-refractivity contribution in [3.63, 3.8) is 0 Å². The number of hydrogen-bond donors (Lipinski definition) is 0. The minimum absolute atomic E-state index is 0.0635. The van der Waals surface area contributed by atoms with Gasteiger partial charge in [0.1, 0.15) is 0 Å². The van der Waals surface area contributed by atoms with E-state index in [0.29, 0.717) is 0 Å². The largest absolute Gasteiger partial charge is 0.372 e. The lowest BCUT2D eigenvalue weighted by atomic mass is 9.80. The lowest BCUT2D eigenvalue weighted by molar-refractivity contribution is 0.578. The van der Waals surface area contributed by atoms with Gasteiger partial charge in [-0.15, -0.1) is 0 Å².